The predicted octanol–water partition coefficient (Wildman–Crippen LogP) is 3.73. The maximum atomic E-state index is 12.9. The molecule has 2 aromatic rings. The zero-order chi connectivity index (χ0) is 19.4. The Morgan fingerprint density at radius 2 is 2.04 bits per heavy atom. The number of aryl methyl sites for hydroxylation is 2. The average Bonchev–Trinajstić information content (AvgIpc) is 3.20. The molecule has 1 atom stereocenters. The highest BCUT2D eigenvalue weighted by molar-refractivity contribution is 7.91. The number of sulfonamides is 1. The fraction of sp³-hybridized carbons (Fsp3) is 0.450. The van der Waals surface area contributed by atoms with Crippen LogP contribution in [0.5, 0.6) is 0 Å². The first-order valence-corrected chi connectivity index (χ1v) is 11.6. The summed E-state index contributed by atoms with van der Waals surface area (Å²) in [4.78, 5) is 12.4. The normalized spacial score (nSPS) is 18.4. The number of thiophene rings is 1. The lowest BCUT2D eigenvalue weighted by Gasteiger charge is -2.34. The molecule has 0 spiro atoms. The Balaban J connectivity index is 1.62. The van der Waals surface area contributed by atoms with Gasteiger partial charge >= 0.3 is 0 Å². The molecule has 1 N–H and O–H groups in total. The van der Waals surface area contributed by atoms with Crippen LogP contribution in [0.3, 0.4) is 0 Å². The Morgan fingerprint density at radius 3 is 2.74 bits per heavy atom. The fourth-order valence-corrected chi connectivity index (χ4v) is 6.28. The van der Waals surface area contributed by atoms with Gasteiger partial charge in [0, 0.05) is 24.7 Å². The van der Waals surface area contributed by atoms with Gasteiger partial charge in [-0.1, -0.05) is 18.6 Å². The zero-order valence-electron chi connectivity index (χ0n) is 15.8. The average molecular weight is 407 g/mol. The number of piperidine rings is 1. The first kappa shape index (κ1) is 20.0. The van der Waals surface area contributed by atoms with E-state index in [1.807, 2.05) is 32.0 Å². The molecule has 5 nitrogen and oxygen atoms in total. The molecule has 1 aliphatic heterocycles. The monoisotopic (exact) mass is 406 g/mol. The van der Waals surface area contributed by atoms with Gasteiger partial charge in [-0.25, -0.2) is 8.42 Å². The maximum Gasteiger partial charge on any atom is 0.252 e. The van der Waals surface area contributed by atoms with Crippen LogP contribution in [0.15, 0.2) is 39.9 Å². The summed E-state index contributed by atoms with van der Waals surface area (Å²) in [5.74, 6) is -0.110. The number of benzene rings is 1. The highest BCUT2D eigenvalue weighted by Crippen LogP contribution is 2.29. The Hall–Kier alpha value is -1.70. The van der Waals surface area contributed by atoms with Gasteiger partial charge in [0.05, 0.1) is 0 Å². The molecule has 1 fully saturated rings. The van der Waals surface area contributed by atoms with Gasteiger partial charge in [-0.3, -0.25) is 4.79 Å². The van der Waals surface area contributed by atoms with Crippen molar-refractivity contribution < 1.29 is 13.2 Å². The largest absolute Gasteiger partial charge is 0.352 e. The van der Waals surface area contributed by atoms with Crippen molar-refractivity contribution in [1.82, 2.24) is 9.62 Å². The summed E-state index contributed by atoms with van der Waals surface area (Å²) in [6, 6.07) is 9.02. The molecule has 146 valence electrons. The summed E-state index contributed by atoms with van der Waals surface area (Å²) >= 11 is 1.25. The fourth-order valence-electron chi connectivity index (χ4n) is 3.44. The molecule has 0 radical (unpaired) electrons. The Labute approximate surface area is 165 Å². The van der Waals surface area contributed by atoms with Crippen molar-refractivity contribution in [3.63, 3.8) is 0 Å². The van der Waals surface area contributed by atoms with Gasteiger partial charge < -0.3 is 5.32 Å². The lowest BCUT2D eigenvalue weighted by molar-refractivity contribution is 0.0949. The van der Waals surface area contributed by atoms with Crippen LogP contribution in [0.25, 0.3) is 0 Å². The van der Waals surface area contributed by atoms with E-state index in [9.17, 15) is 13.2 Å². The van der Waals surface area contributed by atoms with Crippen LogP contribution in [0, 0.1) is 13.8 Å². The van der Waals surface area contributed by atoms with E-state index in [1.54, 1.807) is 21.8 Å². The number of amides is 1. The predicted molar refractivity (Wildman–Crippen MR) is 109 cm³/mol. The third-order valence-corrected chi connectivity index (χ3v) is 8.49. The summed E-state index contributed by atoms with van der Waals surface area (Å²) in [5, 5.41) is 4.73. The highest BCUT2D eigenvalue weighted by Gasteiger charge is 2.33. The third-order valence-electron chi connectivity index (χ3n) is 5.16. The van der Waals surface area contributed by atoms with Crippen molar-refractivity contribution in [3.05, 3.63) is 52.4 Å². The number of nitrogens with one attached hydrogen (secondary N) is 1. The van der Waals surface area contributed by atoms with E-state index in [0.717, 1.165) is 30.4 Å². The van der Waals surface area contributed by atoms with Crippen LogP contribution in [0.2, 0.25) is 0 Å². The lowest BCUT2D eigenvalue weighted by Crippen LogP contribution is -2.44. The smallest absolute Gasteiger partial charge is 0.252 e. The molecule has 1 aliphatic rings. The number of hydrogen-bond acceptors (Lipinski definition) is 4. The summed E-state index contributed by atoms with van der Waals surface area (Å²) < 4.78 is 27.8. The first-order valence-electron chi connectivity index (χ1n) is 9.30. The molecule has 3 rings (SSSR count). The Morgan fingerprint density at radius 1 is 1.22 bits per heavy atom. The van der Waals surface area contributed by atoms with Gasteiger partial charge in [0.15, 0.2) is 0 Å². The lowest BCUT2D eigenvalue weighted by atomic mass is 10.0. The molecule has 1 saturated heterocycles. The second-order valence-electron chi connectivity index (χ2n) is 7.04. The van der Waals surface area contributed by atoms with Crippen LogP contribution < -0.4 is 5.32 Å². The number of nitrogens with zero attached hydrogens (tertiary/aromatic N) is 1. The molecular weight excluding hydrogens is 380 g/mol. The van der Waals surface area contributed by atoms with E-state index in [2.05, 4.69) is 5.32 Å². The van der Waals surface area contributed by atoms with Crippen LogP contribution in [0.1, 0.15) is 47.2 Å². The van der Waals surface area contributed by atoms with E-state index in [0.29, 0.717) is 29.3 Å². The number of carbonyl (C=O) groups is 1. The van der Waals surface area contributed by atoms with Crippen LogP contribution in [-0.2, 0) is 10.0 Å². The number of hydrogen-bond donors (Lipinski definition) is 1. The van der Waals surface area contributed by atoms with Gasteiger partial charge in [-0.05, 0) is 67.8 Å². The summed E-state index contributed by atoms with van der Waals surface area (Å²) in [7, 11) is -3.44. The second-order valence-corrected chi connectivity index (χ2v) is 10.1. The summed E-state index contributed by atoms with van der Waals surface area (Å²) in [6.45, 7) is 5.02. The SMILES string of the molecule is Cc1ccc(C(=O)NCCC2CCCCN2S(=O)(=O)c2cccs2)cc1C. The molecule has 7 heteroatoms. The number of rotatable bonds is 6. The topological polar surface area (TPSA) is 66.5 Å². The van der Waals surface area contributed by atoms with Crippen LogP contribution >= 0.6 is 11.3 Å². The van der Waals surface area contributed by atoms with Gasteiger partial charge in [-0.2, -0.15) is 4.31 Å². The van der Waals surface area contributed by atoms with Crippen LogP contribution in [0.4, 0.5) is 0 Å². The standard InChI is InChI=1S/C20H26N2O3S2/c1-15-8-9-17(14-16(15)2)20(23)21-11-10-18-6-3-4-12-22(18)27(24,25)19-7-5-13-26-19/h5,7-9,13-14,18H,3-4,6,10-12H2,1-2H3,(H,21,23). The summed E-state index contributed by atoms with van der Waals surface area (Å²) in [5.41, 5.74) is 2.89. The van der Waals surface area contributed by atoms with Gasteiger partial charge in [0.1, 0.15) is 4.21 Å². The van der Waals surface area contributed by atoms with E-state index in [1.165, 1.54) is 11.3 Å². The molecule has 1 aromatic carbocycles. The van der Waals surface area contributed by atoms with Gasteiger partial charge in [0.25, 0.3) is 15.9 Å². The minimum absolute atomic E-state index is 0.0640. The first-order chi connectivity index (χ1) is 12.9. The molecular formula is C20H26N2O3S2. The van der Waals surface area contributed by atoms with E-state index >= 15 is 0 Å². The zero-order valence-corrected chi connectivity index (χ0v) is 17.4. The second kappa shape index (κ2) is 8.54. The number of carbonyl (C=O) groups excluding carboxylic acids is 1. The molecule has 1 aromatic heterocycles. The van der Waals surface area contributed by atoms with Crippen molar-refractivity contribution in [2.75, 3.05) is 13.1 Å². The van der Waals surface area contributed by atoms with E-state index < -0.39 is 10.0 Å². The molecule has 0 saturated carbocycles. The van der Waals surface area contributed by atoms with Crippen molar-refractivity contribution in [1.29, 1.82) is 0 Å². The quantitative estimate of drug-likeness (QED) is 0.795. The summed E-state index contributed by atoms with van der Waals surface area (Å²) in [6.07, 6.45) is 3.37. The van der Waals surface area contributed by atoms with Gasteiger partial charge in [0.2, 0.25) is 0 Å². The highest BCUT2D eigenvalue weighted by atomic mass is 32.2. The molecule has 0 bridgehead atoms. The maximum absolute atomic E-state index is 12.9. The molecule has 1 amide bonds. The molecule has 1 unspecified atom stereocenters. The van der Waals surface area contributed by atoms with E-state index in [-0.39, 0.29) is 11.9 Å². The Bertz CT molecular complexity index is 892. The molecule has 2 heterocycles. The van der Waals surface area contributed by atoms with Crippen LogP contribution in [-0.4, -0.2) is 37.8 Å². The molecule has 0 aliphatic carbocycles. The Kier molecular flexibility index (Phi) is 6.34. The van der Waals surface area contributed by atoms with Crippen molar-refractivity contribution in [2.24, 2.45) is 0 Å². The minimum Gasteiger partial charge on any atom is -0.352 e. The van der Waals surface area contributed by atoms with Gasteiger partial charge in [-0.15, -0.1) is 11.3 Å². The van der Waals surface area contributed by atoms with Crippen molar-refractivity contribution >= 4 is 27.3 Å². The molecule has 27 heavy (non-hydrogen) atoms. The van der Waals surface area contributed by atoms with Crippen molar-refractivity contribution in [2.45, 2.75) is 49.8 Å². The van der Waals surface area contributed by atoms with E-state index in [4.69, 9.17) is 0 Å². The minimum atomic E-state index is -3.44. The van der Waals surface area contributed by atoms with Crippen molar-refractivity contribution in [3.8, 4) is 0 Å². The third kappa shape index (κ3) is 4.59.